The van der Waals surface area contributed by atoms with Gasteiger partial charge in [0.15, 0.2) is 0 Å². The van der Waals surface area contributed by atoms with Crippen molar-refractivity contribution in [3.8, 4) is 11.1 Å². The highest BCUT2D eigenvalue weighted by Crippen LogP contribution is 2.31. The molecular formula is C16H13ClFN3O3. The quantitative estimate of drug-likeness (QED) is 0.835. The molecule has 0 bridgehead atoms. The van der Waals surface area contributed by atoms with Gasteiger partial charge in [0.2, 0.25) is 5.91 Å². The number of halogens is 2. The van der Waals surface area contributed by atoms with Gasteiger partial charge in [-0.1, -0.05) is 17.7 Å². The van der Waals surface area contributed by atoms with Gasteiger partial charge in [0.1, 0.15) is 17.0 Å². The van der Waals surface area contributed by atoms with Crippen molar-refractivity contribution in [2.45, 2.75) is 12.5 Å². The Bertz CT molecular complexity index is 815. The first-order valence-electron chi connectivity index (χ1n) is 7.18. The molecule has 1 aromatic heterocycles. The maximum absolute atomic E-state index is 14.5. The smallest absolute Gasteiger partial charge is 0.405 e. The number of carbonyl (C=O) groups excluding carboxylic acids is 1. The van der Waals surface area contributed by atoms with Gasteiger partial charge in [-0.2, -0.15) is 0 Å². The van der Waals surface area contributed by atoms with Gasteiger partial charge in [-0.05, 0) is 36.2 Å². The van der Waals surface area contributed by atoms with E-state index in [2.05, 4.69) is 10.3 Å². The van der Waals surface area contributed by atoms with E-state index in [1.807, 2.05) is 0 Å². The van der Waals surface area contributed by atoms with Crippen LogP contribution in [0.3, 0.4) is 0 Å². The van der Waals surface area contributed by atoms with E-state index in [1.54, 1.807) is 18.2 Å². The first-order valence-corrected chi connectivity index (χ1v) is 7.56. The van der Waals surface area contributed by atoms with Crippen molar-refractivity contribution in [2.24, 2.45) is 0 Å². The van der Waals surface area contributed by atoms with E-state index in [-0.39, 0.29) is 17.4 Å². The summed E-state index contributed by atoms with van der Waals surface area (Å²) < 4.78 is 14.5. The van der Waals surface area contributed by atoms with Crippen LogP contribution in [0.1, 0.15) is 6.42 Å². The lowest BCUT2D eigenvalue weighted by Crippen LogP contribution is -2.41. The van der Waals surface area contributed by atoms with E-state index >= 15 is 0 Å². The fourth-order valence-corrected chi connectivity index (χ4v) is 2.93. The zero-order chi connectivity index (χ0) is 17.3. The predicted octanol–water partition coefficient (Wildman–Crippen LogP) is 2.91. The number of hydrogen-bond acceptors (Lipinski definition) is 3. The average Bonchev–Trinajstić information content (AvgIpc) is 2.88. The molecule has 1 aliphatic heterocycles. The largest absolute Gasteiger partial charge is 0.465 e. The Hall–Kier alpha value is -2.67. The second kappa shape index (κ2) is 6.45. The van der Waals surface area contributed by atoms with Crippen molar-refractivity contribution in [1.82, 2.24) is 10.3 Å². The maximum atomic E-state index is 14.5. The molecule has 2 heterocycles. The van der Waals surface area contributed by atoms with Gasteiger partial charge in [0, 0.05) is 18.3 Å². The van der Waals surface area contributed by atoms with Crippen LogP contribution < -0.4 is 10.2 Å². The van der Waals surface area contributed by atoms with Gasteiger partial charge in [0.25, 0.3) is 0 Å². The lowest BCUT2D eigenvalue weighted by atomic mass is 10.1. The lowest BCUT2D eigenvalue weighted by Gasteiger charge is -2.18. The van der Waals surface area contributed by atoms with E-state index in [4.69, 9.17) is 16.7 Å². The standard InChI is InChI=1S/C16H13ClFN3O3/c17-14-10(2-1-6-19-14)9-3-4-13(11(18)8-9)21-7-5-12(15(21)22)20-16(23)24/h1-4,6,8,12,20H,5,7H2,(H,23,24)/t12-/m0/s1. The van der Waals surface area contributed by atoms with Crippen LogP contribution in [0.5, 0.6) is 0 Å². The summed E-state index contributed by atoms with van der Waals surface area (Å²) in [7, 11) is 0. The minimum Gasteiger partial charge on any atom is -0.465 e. The molecule has 1 fully saturated rings. The number of pyridine rings is 1. The first-order chi connectivity index (χ1) is 11.5. The number of hydrogen-bond donors (Lipinski definition) is 2. The molecule has 3 rings (SSSR count). The highest BCUT2D eigenvalue weighted by molar-refractivity contribution is 6.32. The molecule has 0 unspecified atom stereocenters. The molecule has 0 spiro atoms. The Morgan fingerprint density at radius 3 is 2.88 bits per heavy atom. The summed E-state index contributed by atoms with van der Waals surface area (Å²) in [5.41, 5.74) is 1.24. The van der Waals surface area contributed by atoms with Gasteiger partial charge in [-0.15, -0.1) is 0 Å². The van der Waals surface area contributed by atoms with Crippen LogP contribution in [-0.2, 0) is 4.79 Å². The number of aromatic nitrogens is 1. The molecule has 1 aliphatic rings. The van der Waals surface area contributed by atoms with Gasteiger partial charge >= 0.3 is 6.09 Å². The second-order valence-corrected chi connectivity index (χ2v) is 5.65. The lowest BCUT2D eigenvalue weighted by molar-refractivity contribution is -0.118. The van der Waals surface area contributed by atoms with Crippen LogP contribution >= 0.6 is 11.6 Å². The molecule has 0 radical (unpaired) electrons. The maximum Gasteiger partial charge on any atom is 0.405 e. The number of benzene rings is 1. The van der Waals surface area contributed by atoms with Gasteiger partial charge in [-0.25, -0.2) is 14.2 Å². The highest BCUT2D eigenvalue weighted by Gasteiger charge is 2.34. The summed E-state index contributed by atoms with van der Waals surface area (Å²) in [6, 6.07) is 6.97. The average molecular weight is 350 g/mol. The Labute approximate surface area is 141 Å². The number of amides is 2. The number of rotatable bonds is 3. The number of nitrogens with one attached hydrogen (secondary N) is 1. The van der Waals surface area contributed by atoms with Crippen molar-refractivity contribution in [2.75, 3.05) is 11.4 Å². The zero-order valence-corrected chi connectivity index (χ0v) is 13.1. The van der Waals surface area contributed by atoms with E-state index in [0.29, 0.717) is 17.5 Å². The summed E-state index contributed by atoms with van der Waals surface area (Å²) >= 11 is 6.01. The minimum atomic E-state index is -1.28. The topological polar surface area (TPSA) is 82.5 Å². The van der Waals surface area contributed by atoms with E-state index in [9.17, 15) is 14.0 Å². The number of anilines is 1. The minimum absolute atomic E-state index is 0.110. The Balaban J connectivity index is 1.88. The van der Waals surface area contributed by atoms with Crippen molar-refractivity contribution < 1.29 is 19.1 Å². The van der Waals surface area contributed by atoms with Crippen molar-refractivity contribution in [1.29, 1.82) is 0 Å². The molecule has 124 valence electrons. The molecule has 1 aromatic carbocycles. The number of carboxylic acid groups (broad SMARTS) is 1. The van der Waals surface area contributed by atoms with Gasteiger partial charge in [0.05, 0.1) is 5.69 Å². The third kappa shape index (κ3) is 3.03. The second-order valence-electron chi connectivity index (χ2n) is 5.29. The summed E-state index contributed by atoms with van der Waals surface area (Å²) in [5.74, 6) is -1.06. The first kappa shape index (κ1) is 16.2. The molecule has 24 heavy (non-hydrogen) atoms. The molecule has 1 saturated heterocycles. The number of carbonyl (C=O) groups is 2. The molecule has 1 atom stereocenters. The van der Waals surface area contributed by atoms with Crippen LogP contribution in [0.15, 0.2) is 36.5 Å². The molecule has 8 heteroatoms. The molecule has 2 aromatic rings. The van der Waals surface area contributed by atoms with Crippen molar-refractivity contribution in [3.63, 3.8) is 0 Å². The van der Waals surface area contributed by atoms with Gasteiger partial charge in [-0.3, -0.25) is 4.79 Å². The molecular weight excluding hydrogens is 337 g/mol. The Morgan fingerprint density at radius 1 is 1.42 bits per heavy atom. The summed E-state index contributed by atoms with van der Waals surface area (Å²) in [6.07, 6.45) is 0.549. The fourth-order valence-electron chi connectivity index (χ4n) is 2.70. The van der Waals surface area contributed by atoms with Crippen LogP contribution in [0, 0.1) is 5.82 Å². The van der Waals surface area contributed by atoms with Crippen LogP contribution in [0.2, 0.25) is 5.15 Å². The third-order valence-electron chi connectivity index (χ3n) is 3.81. The van der Waals surface area contributed by atoms with Crippen LogP contribution in [0.4, 0.5) is 14.9 Å². The van der Waals surface area contributed by atoms with Gasteiger partial charge < -0.3 is 15.3 Å². The van der Waals surface area contributed by atoms with E-state index in [1.165, 1.54) is 23.2 Å². The van der Waals surface area contributed by atoms with Crippen LogP contribution in [0.25, 0.3) is 11.1 Å². The van der Waals surface area contributed by atoms with Crippen molar-refractivity contribution >= 4 is 29.3 Å². The molecule has 0 saturated carbocycles. The van der Waals surface area contributed by atoms with Crippen molar-refractivity contribution in [3.05, 3.63) is 47.5 Å². The molecule has 2 N–H and O–H groups in total. The monoisotopic (exact) mass is 349 g/mol. The highest BCUT2D eigenvalue weighted by atomic mass is 35.5. The Morgan fingerprint density at radius 2 is 2.21 bits per heavy atom. The van der Waals surface area contributed by atoms with E-state index in [0.717, 1.165) is 0 Å². The zero-order valence-electron chi connectivity index (χ0n) is 12.4. The Kier molecular flexibility index (Phi) is 4.35. The number of nitrogens with zero attached hydrogens (tertiary/aromatic N) is 2. The SMILES string of the molecule is O=C(O)N[C@H]1CCN(c2ccc(-c3cccnc3Cl)cc2F)C1=O. The van der Waals surface area contributed by atoms with Crippen LogP contribution in [-0.4, -0.2) is 34.7 Å². The normalized spacial score (nSPS) is 17.2. The summed E-state index contributed by atoms with van der Waals surface area (Å²) in [4.78, 5) is 28.1. The predicted molar refractivity (Wildman–Crippen MR) is 86.6 cm³/mol. The molecule has 2 amide bonds. The summed E-state index contributed by atoms with van der Waals surface area (Å²) in [6.45, 7) is 0.244. The van der Waals surface area contributed by atoms with E-state index < -0.39 is 23.9 Å². The summed E-state index contributed by atoms with van der Waals surface area (Å²) in [5, 5.41) is 11.1. The molecule has 0 aliphatic carbocycles. The fraction of sp³-hybridized carbons (Fsp3) is 0.188. The molecule has 6 nitrogen and oxygen atoms in total. The third-order valence-corrected chi connectivity index (χ3v) is 4.11.